The van der Waals surface area contributed by atoms with Gasteiger partial charge in [0.25, 0.3) is 0 Å². The van der Waals surface area contributed by atoms with E-state index < -0.39 is 11.6 Å². The molecule has 0 saturated carbocycles. The van der Waals surface area contributed by atoms with Crippen LogP contribution in [0, 0.1) is 11.6 Å². The molecule has 0 amide bonds. The Labute approximate surface area is 89.5 Å². The largest absolute Gasteiger partial charge is 0.439 e. The third-order valence-electron chi connectivity index (χ3n) is 1.81. The van der Waals surface area contributed by atoms with Crippen molar-refractivity contribution < 1.29 is 13.2 Å². The summed E-state index contributed by atoms with van der Waals surface area (Å²) in [6.45, 7) is 0. The number of nitrogens with zero attached hydrogens (tertiary/aromatic N) is 1. The molecule has 0 radical (unpaired) electrons. The maximum absolute atomic E-state index is 12.9. The van der Waals surface area contributed by atoms with Gasteiger partial charge in [-0.2, -0.15) is 0 Å². The van der Waals surface area contributed by atoms with Crippen LogP contribution < -0.4 is 0 Å². The smallest absolute Gasteiger partial charge is 0.209 e. The van der Waals surface area contributed by atoms with E-state index >= 15 is 0 Å². The molecule has 0 spiro atoms. The molecule has 78 valence electrons. The second-order valence-corrected chi connectivity index (χ2v) is 3.18. The minimum atomic E-state index is -0.658. The summed E-state index contributed by atoms with van der Waals surface area (Å²) in [6.07, 6.45) is 1.38. The fourth-order valence-electron chi connectivity index (χ4n) is 1.20. The average molecular weight is 230 g/mol. The molecule has 0 fully saturated rings. The maximum atomic E-state index is 12.9. The molecule has 0 aliphatic heterocycles. The first-order valence-electron chi connectivity index (χ1n) is 4.16. The third-order valence-corrected chi connectivity index (χ3v) is 2.04. The summed E-state index contributed by atoms with van der Waals surface area (Å²) in [5.74, 6) is -0.583. The summed E-state index contributed by atoms with van der Waals surface area (Å²) in [5.41, 5.74) is 0.302. The van der Waals surface area contributed by atoms with Crippen LogP contribution in [0.2, 0.25) is 0 Å². The van der Waals surface area contributed by atoms with Crippen molar-refractivity contribution >= 4 is 11.6 Å². The molecule has 0 atom stereocenters. The molecule has 0 aliphatic carbocycles. The standard InChI is InChI=1S/C10H6ClF2NO/c11-4-10-14-5-9(15-10)6-1-7(12)3-8(13)2-6/h1-3,5H,4H2. The van der Waals surface area contributed by atoms with E-state index in [9.17, 15) is 8.78 Å². The Hall–Kier alpha value is -1.42. The molecular weight excluding hydrogens is 224 g/mol. The Morgan fingerprint density at radius 1 is 1.20 bits per heavy atom. The summed E-state index contributed by atoms with van der Waals surface area (Å²) in [5, 5.41) is 0. The van der Waals surface area contributed by atoms with Crippen LogP contribution in [0.4, 0.5) is 8.78 Å². The first-order chi connectivity index (χ1) is 7.19. The number of oxazole rings is 1. The van der Waals surface area contributed by atoms with E-state index in [0.717, 1.165) is 6.07 Å². The van der Waals surface area contributed by atoms with Gasteiger partial charge in [0.15, 0.2) is 5.76 Å². The Bertz CT molecular complexity index is 464. The van der Waals surface area contributed by atoms with Crippen molar-refractivity contribution in [1.29, 1.82) is 0 Å². The van der Waals surface area contributed by atoms with Gasteiger partial charge in [0.1, 0.15) is 11.6 Å². The van der Waals surface area contributed by atoms with Crippen LogP contribution in [-0.2, 0) is 5.88 Å². The van der Waals surface area contributed by atoms with Gasteiger partial charge in [-0.25, -0.2) is 13.8 Å². The van der Waals surface area contributed by atoms with Crippen LogP contribution in [0.15, 0.2) is 28.8 Å². The van der Waals surface area contributed by atoms with Crippen LogP contribution in [-0.4, -0.2) is 4.98 Å². The fraction of sp³-hybridized carbons (Fsp3) is 0.100. The topological polar surface area (TPSA) is 26.0 Å². The number of halogens is 3. The van der Waals surface area contributed by atoms with Crippen molar-refractivity contribution in [2.75, 3.05) is 0 Å². The zero-order valence-corrected chi connectivity index (χ0v) is 8.26. The predicted molar refractivity (Wildman–Crippen MR) is 51.4 cm³/mol. The second kappa shape index (κ2) is 3.98. The van der Waals surface area contributed by atoms with E-state index in [1.165, 1.54) is 18.3 Å². The van der Waals surface area contributed by atoms with Crippen molar-refractivity contribution in [1.82, 2.24) is 4.98 Å². The number of aromatic nitrogens is 1. The Kier molecular flexibility index (Phi) is 2.68. The van der Waals surface area contributed by atoms with Gasteiger partial charge in [0.05, 0.1) is 12.1 Å². The van der Waals surface area contributed by atoms with Crippen LogP contribution in [0.25, 0.3) is 11.3 Å². The van der Waals surface area contributed by atoms with E-state index in [-0.39, 0.29) is 5.88 Å². The van der Waals surface area contributed by atoms with Gasteiger partial charge in [-0.1, -0.05) is 0 Å². The zero-order valence-electron chi connectivity index (χ0n) is 7.51. The van der Waals surface area contributed by atoms with Crippen molar-refractivity contribution in [2.45, 2.75) is 5.88 Å². The maximum Gasteiger partial charge on any atom is 0.209 e. The van der Waals surface area contributed by atoms with Crippen LogP contribution in [0.5, 0.6) is 0 Å². The summed E-state index contributed by atoms with van der Waals surface area (Å²) in [6, 6.07) is 3.13. The predicted octanol–water partition coefficient (Wildman–Crippen LogP) is 3.36. The number of alkyl halides is 1. The molecule has 0 bridgehead atoms. The first kappa shape index (κ1) is 10.1. The average Bonchev–Trinajstić information content (AvgIpc) is 2.64. The molecule has 0 aliphatic rings. The third kappa shape index (κ3) is 2.15. The first-order valence-corrected chi connectivity index (χ1v) is 4.69. The highest BCUT2D eigenvalue weighted by Crippen LogP contribution is 2.22. The lowest BCUT2D eigenvalue weighted by Crippen LogP contribution is -1.82. The molecule has 5 heteroatoms. The van der Waals surface area contributed by atoms with Gasteiger partial charge in [-0.15, -0.1) is 11.6 Å². The lowest BCUT2D eigenvalue weighted by molar-refractivity contribution is 0.526. The van der Waals surface area contributed by atoms with E-state index in [1.54, 1.807) is 0 Å². The normalized spacial score (nSPS) is 10.6. The van der Waals surface area contributed by atoms with Gasteiger partial charge in [0, 0.05) is 11.6 Å². The SMILES string of the molecule is Fc1cc(F)cc(-c2cnc(CCl)o2)c1. The van der Waals surface area contributed by atoms with E-state index in [1.807, 2.05) is 0 Å². The van der Waals surface area contributed by atoms with Gasteiger partial charge in [-0.3, -0.25) is 0 Å². The van der Waals surface area contributed by atoms with E-state index in [0.29, 0.717) is 17.2 Å². The van der Waals surface area contributed by atoms with Crippen molar-refractivity contribution in [3.05, 3.63) is 41.9 Å². The lowest BCUT2D eigenvalue weighted by Gasteiger charge is -1.96. The molecule has 0 N–H and O–H groups in total. The minimum absolute atomic E-state index is 0.123. The number of hydrogen-bond acceptors (Lipinski definition) is 2. The number of benzene rings is 1. The summed E-state index contributed by atoms with van der Waals surface area (Å²) in [7, 11) is 0. The molecule has 15 heavy (non-hydrogen) atoms. The van der Waals surface area contributed by atoms with E-state index in [2.05, 4.69) is 4.98 Å². The Balaban J connectivity index is 2.44. The van der Waals surface area contributed by atoms with Gasteiger partial charge >= 0.3 is 0 Å². The van der Waals surface area contributed by atoms with Crippen LogP contribution in [0.3, 0.4) is 0 Å². The molecule has 1 aromatic heterocycles. The van der Waals surface area contributed by atoms with Crippen molar-refractivity contribution in [3.8, 4) is 11.3 Å². The highest BCUT2D eigenvalue weighted by molar-refractivity contribution is 6.16. The van der Waals surface area contributed by atoms with Crippen molar-refractivity contribution in [2.24, 2.45) is 0 Å². The molecule has 2 rings (SSSR count). The summed E-state index contributed by atoms with van der Waals surface area (Å²) >= 11 is 5.49. The zero-order chi connectivity index (χ0) is 10.8. The number of hydrogen-bond donors (Lipinski definition) is 0. The lowest BCUT2D eigenvalue weighted by atomic mass is 10.2. The summed E-state index contributed by atoms with van der Waals surface area (Å²) < 4.78 is 30.9. The second-order valence-electron chi connectivity index (χ2n) is 2.91. The van der Waals surface area contributed by atoms with E-state index in [4.69, 9.17) is 16.0 Å². The molecule has 1 aromatic carbocycles. The minimum Gasteiger partial charge on any atom is -0.439 e. The summed E-state index contributed by atoms with van der Waals surface area (Å²) in [4.78, 5) is 3.83. The number of rotatable bonds is 2. The fourth-order valence-corrected chi connectivity index (χ4v) is 1.33. The monoisotopic (exact) mass is 229 g/mol. The quantitative estimate of drug-likeness (QED) is 0.738. The highest BCUT2D eigenvalue weighted by atomic mass is 35.5. The van der Waals surface area contributed by atoms with Crippen molar-refractivity contribution in [3.63, 3.8) is 0 Å². The molecule has 2 aromatic rings. The van der Waals surface area contributed by atoms with Gasteiger partial charge in [-0.05, 0) is 12.1 Å². The van der Waals surface area contributed by atoms with Gasteiger partial charge < -0.3 is 4.42 Å². The van der Waals surface area contributed by atoms with Crippen LogP contribution >= 0.6 is 11.6 Å². The molecule has 0 unspecified atom stereocenters. The molecular formula is C10H6ClF2NO. The van der Waals surface area contributed by atoms with Gasteiger partial charge in [0.2, 0.25) is 5.89 Å². The molecule has 2 nitrogen and oxygen atoms in total. The molecule has 0 saturated heterocycles. The Morgan fingerprint density at radius 2 is 1.87 bits per heavy atom. The molecule has 1 heterocycles. The van der Waals surface area contributed by atoms with Crippen LogP contribution in [0.1, 0.15) is 5.89 Å². The Morgan fingerprint density at radius 3 is 2.40 bits per heavy atom. The highest BCUT2D eigenvalue weighted by Gasteiger charge is 2.08.